The summed E-state index contributed by atoms with van der Waals surface area (Å²) in [5.74, 6) is 0.716. The van der Waals surface area contributed by atoms with Crippen LogP contribution in [0.3, 0.4) is 0 Å². The van der Waals surface area contributed by atoms with Gasteiger partial charge in [0.1, 0.15) is 0 Å². The summed E-state index contributed by atoms with van der Waals surface area (Å²) in [7, 11) is 0. The predicted octanol–water partition coefficient (Wildman–Crippen LogP) is 2.78. The molecule has 16 heavy (non-hydrogen) atoms. The third-order valence-corrected chi connectivity index (χ3v) is 3.73. The lowest BCUT2D eigenvalue weighted by Gasteiger charge is -2.31. The van der Waals surface area contributed by atoms with Crippen molar-refractivity contribution >= 4 is 0 Å². The van der Waals surface area contributed by atoms with Crippen LogP contribution in [0.5, 0.6) is 0 Å². The van der Waals surface area contributed by atoms with Crippen LogP contribution in [0.1, 0.15) is 46.0 Å². The second-order valence-corrected chi connectivity index (χ2v) is 5.70. The Balaban J connectivity index is 2.14. The average molecular weight is 222 g/mol. The highest BCUT2D eigenvalue weighted by molar-refractivity contribution is 4.88. The van der Waals surface area contributed by atoms with Crippen LogP contribution in [0.15, 0.2) is 17.2 Å². The largest absolute Gasteiger partial charge is 0.325 e. The molecule has 0 spiro atoms. The van der Waals surface area contributed by atoms with Crippen molar-refractivity contribution in [3.05, 3.63) is 22.9 Å². The zero-order chi connectivity index (χ0) is 11.6. The van der Waals surface area contributed by atoms with E-state index >= 15 is 0 Å². The predicted molar refractivity (Wildman–Crippen MR) is 65.4 cm³/mol. The number of aromatic amines is 1. The SMILES string of the molecule is CC(C)CC1(Cn2cc[nH]c2=O)CCCC1. The molecule has 0 bridgehead atoms. The fourth-order valence-corrected chi connectivity index (χ4v) is 3.25. The molecule has 1 aliphatic rings. The van der Waals surface area contributed by atoms with Crippen LogP contribution >= 0.6 is 0 Å². The Morgan fingerprint density at radius 1 is 1.44 bits per heavy atom. The first-order chi connectivity index (χ1) is 7.61. The van der Waals surface area contributed by atoms with Gasteiger partial charge in [0.15, 0.2) is 0 Å². The molecule has 1 heterocycles. The van der Waals surface area contributed by atoms with E-state index in [1.54, 1.807) is 6.20 Å². The number of nitrogens with one attached hydrogen (secondary N) is 1. The lowest BCUT2D eigenvalue weighted by atomic mass is 9.78. The molecule has 0 unspecified atom stereocenters. The van der Waals surface area contributed by atoms with Gasteiger partial charge in [-0.2, -0.15) is 0 Å². The normalized spacial score (nSPS) is 19.4. The molecular formula is C13H22N2O. The number of aromatic nitrogens is 2. The van der Waals surface area contributed by atoms with Gasteiger partial charge in [0.05, 0.1) is 0 Å². The van der Waals surface area contributed by atoms with Gasteiger partial charge in [0.25, 0.3) is 0 Å². The summed E-state index contributed by atoms with van der Waals surface area (Å²) in [6, 6.07) is 0. The minimum absolute atomic E-state index is 0.0371. The summed E-state index contributed by atoms with van der Waals surface area (Å²) in [5.41, 5.74) is 0.412. The van der Waals surface area contributed by atoms with E-state index < -0.39 is 0 Å². The van der Waals surface area contributed by atoms with Crippen LogP contribution in [-0.2, 0) is 6.54 Å². The summed E-state index contributed by atoms with van der Waals surface area (Å²) >= 11 is 0. The molecule has 1 aromatic heterocycles. The number of hydrogen-bond donors (Lipinski definition) is 1. The van der Waals surface area contributed by atoms with Gasteiger partial charge in [-0.15, -0.1) is 0 Å². The maximum atomic E-state index is 11.5. The first-order valence-corrected chi connectivity index (χ1v) is 6.35. The molecular weight excluding hydrogens is 200 g/mol. The van der Waals surface area contributed by atoms with Crippen LogP contribution < -0.4 is 5.69 Å². The van der Waals surface area contributed by atoms with E-state index in [4.69, 9.17) is 0 Å². The summed E-state index contributed by atoms with van der Waals surface area (Å²) in [6.45, 7) is 5.45. The number of rotatable bonds is 4. The first kappa shape index (κ1) is 11.5. The molecule has 0 aliphatic heterocycles. The molecule has 0 radical (unpaired) electrons. The average Bonchev–Trinajstić information content (AvgIpc) is 2.77. The standard InChI is InChI=1S/C13H22N2O/c1-11(2)9-13(5-3-4-6-13)10-15-8-7-14-12(15)16/h7-8,11H,3-6,9-10H2,1-2H3,(H,14,16). The Labute approximate surface area is 96.9 Å². The van der Waals surface area contributed by atoms with Crippen molar-refractivity contribution in [2.45, 2.75) is 52.5 Å². The van der Waals surface area contributed by atoms with Gasteiger partial charge in [-0.05, 0) is 30.6 Å². The summed E-state index contributed by atoms with van der Waals surface area (Å²) in [6.07, 6.45) is 10.1. The number of H-pyrrole nitrogens is 1. The molecule has 0 saturated heterocycles. The van der Waals surface area contributed by atoms with Crippen molar-refractivity contribution in [2.24, 2.45) is 11.3 Å². The van der Waals surface area contributed by atoms with Gasteiger partial charge < -0.3 is 4.98 Å². The van der Waals surface area contributed by atoms with Crippen LogP contribution in [0.25, 0.3) is 0 Å². The zero-order valence-corrected chi connectivity index (χ0v) is 10.3. The molecule has 3 heteroatoms. The molecule has 1 saturated carbocycles. The lowest BCUT2D eigenvalue weighted by Crippen LogP contribution is -2.30. The highest BCUT2D eigenvalue weighted by atomic mass is 16.1. The van der Waals surface area contributed by atoms with E-state index in [1.807, 2.05) is 10.8 Å². The molecule has 2 rings (SSSR count). The summed E-state index contributed by atoms with van der Waals surface area (Å²) in [4.78, 5) is 14.3. The van der Waals surface area contributed by atoms with Crippen LogP contribution in [-0.4, -0.2) is 9.55 Å². The van der Waals surface area contributed by atoms with Gasteiger partial charge in [-0.25, -0.2) is 4.79 Å². The van der Waals surface area contributed by atoms with Crippen molar-refractivity contribution in [2.75, 3.05) is 0 Å². The van der Waals surface area contributed by atoms with E-state index in [2.05, 4.69) is 18.8 Å². The quantitative estimate of drug-likeness (QED) is 0.835. The number of imidazole rings is 1. The van der Waals surface area contributed by atoms with Crippen molar-refractivity contribution in [1.29, 1.82) is 0 Å². The Hall–Kier alpha value is -0.990. The molecule has 90 valence electrons. The van der Waals surface area contributed by atoms with Crippen molar-refractivity contribution in [3.8, 4) is 0 Å². The topological polar surface area (TPSA) is 37.8 Å². The third kappa shape index (κ3) is 2.39. The third-order valence-electron chi connectivity index (χ3n) is 3.73. The maximum absolute atomic E-state index is 11.5. The fourth-order valence-electron chi connectivity index (χ4n) is 3.25. The van der Waals surface area contributed by atoms with E-state index in [0.717, 1.165) is 6.54 Å². The fraction of sp³-hybridized carbons (Fsp3) is 0.769. The number of hydrogen-bond acceptors (Lipinski definition) is 1. The van der Waals surface area contributed by atoms with E-state index in [0.29, 0.717) is 11.3 Å². The van der Waals surface area contributed by atoms with E-state index in [-0.39, 0.29) is 5.69 Å². The van der Waals surface area contributed by atoms with E-state index in [9.17, 15) is 4.79 Å². The van der Waals surface area contributed by atoms with E-state index in [1.165, 1.54) is 32.1 Å². The van der Waals surface area contributed by atoms with Gasteiger partial charge in [0.2, 0.25) is 0 Å². The Kier molecular flexibility index (Phi) is 3.22. The second-order valence-electron chi connectivity index (χ2n) is 5.70. The minimum atomic E-state index is 0.0371. The van der Waals surface area contributed by atoms with Gasteiger partial charge in [0, 0.05) is 18.9 Å². The van der Waals surface area contributed by atoms with Gasteiger partial charge >= 0.3 is 5.69 Å². The molecule has 0 amide bonds. The first-order valence-electron chi connectivity index (χ1n) is 6.35. The maximum Gasteiger partial charge on any atom is 0.325 e. The molecule has 1 N–H and O–H groups in total. The summed E-state index contributed by atoms with van der Waals surface area (Å²) in [5, 5.41) is 0. The monoisotopic (exact) mass is 222 g/mol. The van der Waals surface area contributed by atoms with Crippen LogP contribution in [0.2, 0.25) is 0 Å². The Morgan fingerprint density at radius 3 is 2.62 bits per heavy atom. The summed E-state index contributed by atoms with van der Waals surface area (Å²) < 4.78 is 1.84. The highest BCUT2D eigenvalue weighted by Crippen LogP contribution is 2.44. The van der Waals surface area contributed by atoms with Crippen LogP contribution in [0, 0.1) is 11.3 Å². The molecule has 1 fully saturated rings. The zero-order valence-electron chi connectivity index (χ0n) is 10.3. The lowest BCUT2D eigenvalue weighted by molar-refractivity contribution is 0.195. The second kappa shape index (κ2) is 4.48. The van der Waals surface area contributed by atoms with Gasteiger partial charge in [-0.3, -0.25) is 4.57 Å². The highest BCUT2D eigenvalue weighted by Gasteiger charge is 2.34. The Morgan fingerprint density at radius 2 is 2.12 bits per heavy atom. The molecule has 0 aromatic carbocycles. The van der Waals surface area contributed by atoms with Crippen LogP contribution in [0.4, 0.5) is 0 Å². The Bertz CT molecular complexity index is 383. The van der Waals surface area contributed by atoms with Gasteiger partial charge in [-0.1, -0.05) is 26.7 Å². The minimum Gasteiger partial charge on any atom is -0.313 e. The molecule has 3 nitrogen and oxygen atoms in total. The molecule has 1 aliphatic carbocycles. The molecule has 1 aromatic rings. The molecule has 0 atom stereocenters. The van der Waals surface area contributed by atoms with Crippen molar-refractivity contribution in [1.82, 2.24) is 9.55 Å². The van der Waals surface area contributed by atoms with Crippen molar-refractivity contribution in [3.63, 3.8) is 0 Å². The smallest absolute Gasteiger partial charge is 0.313 e. The van der Waals surface area contributed by atoms with Crippen molar-refractivity contribution < 1.29 is 0 Å². The number of nitrogens with zero attached hydrogens (tertiary/aromatic N) is 1.